The van der Waals surface area contributed by atoms with Crippen molar-refractivity contribution in [3.05, 3.63) is 46.4 Å². The maximum Gasteiger partial charge on any atom is 0.315 e. The zero-order chi connectivity index (χ0) is 14.0. The third-order valence-corrected chi connectivity index (χ3v) is 3.19. The van der Waals surface area contributed by atoms with Gasteiger partial charge in [0, 0.05) is 24.2 Å². The molecule has 0 aliphatic carbocycles. The number of carbonyl (C=O) groups is 1. The first kappa shape index (κ1) is 13.1. The van der Waals surface area contributed by atoms with Crippen LogP contribution in [0.15, 0.2) is 35.3 Å². The van der Waals surface area contributed by atoms with E-state index in [1.807, 2.05) is 0 Å². The summed E-state index contributed by atoms with van der Waals surface area (Å²) in [5.41, 5.74) is 5.67. The van der Waals surface area contributed by atoms with Gasteiger partial charge in [0.25, 0.3) is 5.56 Å². The number of benzene rings is 1. The predicted octanol–water partition coefficient (Wildman–Crippen LogP) is 0.572. The molecule has 0 aliphatic heterocycles. The van der Waals surface area contributed by atoms with Crippen molar-refractivity contribution in [2.75, 3.05) is 13.7 Å². The Hall–Kier alpha value is -2.34. The number of nitrogens with zero attached hydrogens (tertiary/aromatic N) is 1. The quantitative estimate of drug-likeness (QED) is 0.753. The van der Waals surface area contributed by atoms with Gasteiger partial charge in [0.2, 0.25) is 0 Å². The summed E-state index contributed by atoms with van der Waals surface area (Å²) in [5, 5.41) is 10.7. The minimum Gasteiger partial charge on any atom is -0.394 e. The van der Waals surface area contributed by atoms with Gasteiger partial charge in [0.1, 0.15) is 0 Å². The van der Waals surface area contributed by atoms with Gasteiger partial charge in [0.15, 0.2) is 0 Å². The van der Waals surface area contributed by atoms with E-state index in [2.05, 4.69) is 4.98 Å². The summed E-state index contributed by atoms with van der Waals surface area (Å²) in [6.07, 6.45) is 1.50. The molecule has 0 bridgehead atoms. The molecule has 0 aliphatic rings. The van der Waals surface area contributed by atoms with Crippen LogP contribution in [-0.4, -0.2) is 34.7 Å². The smallest absolute Gasteiger partial charge is 0.315 e. The Morgan fingerprint density at radius 2 is 2.05 bits per heavy atom. The molecule has 2 aromatic rings. The molecule has 1 aromatic carbocycles. The number of H-pyrrole nitrogens is 1. The first-order valence-electron chi connectivity index (χ1n) is 5.79. The van der Waals surface area contributed by atoms with Gasteiger partial charge in [0.05, 0.1) is 12.6 Å². The lowest BCUT2D eigenvalue weighted by molar-refractivity contribution is 0.156. The Bertz CT molecular complexity index is 665. The van der Waals surface area contributed by atoms with Crippen LogP contribution in [0.25, 0.3) is 10.8 Å². The highest BCUT2D eigenvalue weighted by Gasteiger charge is 2.21. The Morgan fingerprint density at radius 1 is 1.42 bits per heavy atom. The van der Waals surface area contributed by atoms with Crippen LogP contribution in [0.5, 0.6) is 0 Å². The number of hydrogen-bond acceptors (Lipinski definition) is 3. The van der Waals surface area contributed by atoms with Crippen molar-refractivity contribution in [2.24, 2.45) is 5.73 Å². The van der Waals surface area contributed by atoms with Crippen LogP contribution in [0, 0.1) is 0 Å². The second kappa shape index (κ2) is 5.11. The van der Waals surface area contributed by atoms with Gasteiger partial charge in [-0.2, -0.15) is 0 Å². The fourth-order valence-corrected chi connectivity index (χ4v) is 2.09. The number of pyridine rings is 1. The van der Waals surface area contributed by atoms with Gasteiger partial charge >= 0.3 is 6.03 Å². The molecular formula is C13H15N3O3. The van der Waals surface area contributed by atoms with Gasteiger partial charge in [-0.25, -0.2) is 4.79 Å². The van der Waals surface area contributed by atoms with Crippen LogP contribution < -0.4 is 11.3 Å². The molecule has 0 spiro atoms. The van der Waals surface area contributed by atoms with E-state index in [4.69, 9.17) is 5.73 Å². The standard InChI is InChI=1S/C13H15N3O3/c1-16(13(14)19)11(7-17)10-6-15-12(18)9-5-3-2-4-8(9)10/h2-6,11,17H,7H2,1H3,(H2,14,19)(H,15,18). The number of aliphatic hydroxyl groups is 1. The highest BCUT2D eigenvalue weighted by molar-refractivity contribution is 5.85. The molecule has 0 saturated carbocycles. The monoisotopic (exact) mass is 261 g/mol. The number of urea groups is 1. The van der Waals surface area contributed by atoms with Crippen LogP contribution in [0.3, 0.4) is 0 Å². The van der Waals surface area contributed by atoms with Crippen molar-refractivity contribution in [3.63, 3.8) is 0 Å². The molecule has 0 fully saturated rings. The molecule has 6 nitrogen and oxygen atoms in total. The molecule has 19 heavy (non-hydrogen) atoms. The number of fused-ring (bicyclic) bond motifs is 1. The normalized spacial score (nSPS) is 12.3. The highest BCUT2D eigenvalue weighted by atomic mass is 16.3. The molecule has 1 unspecified atom stereocenters. The zero-order valence-electron chi connectivity index (χ0n) is 10.5. The fraction of sp³-hybridized carbons (Fsp3) is 0.231. The number of aliphatic hydroxyl groups excluding tert-OH is 1. The van der Waals surface area contributed by atoms with E-state index in [0.29, 0.717) is 16.3 Å². The first-order chi connectivity index (χ1) is 9.06. The lowest BCUT2D eigenvalue weighted by Crippen LogP contribution is -2.37. The van der Waals surface area contributed by atoms with Crippen molar-refractivity contribution in [3.8, 4) is 0 Å². The van der Waals surface area contributed by atoms with Crippen molar-refractivity contribution in [1.29, 1.82) is 0 Å². The second-order valence-electron chi connectivity index (χ2n) is 4.27. The molecule has 0 radical (unpaired) electrons. The Labute approximate surface area is 109 Å². The zero-order valence-corrected chi connectivity index (χ0v) is 10.5. The highest BCUT2D eigenvalue weighted by Crippen LogP contribution is 2.24. The van der Waals surface area contributed by atoms with E-state index in [1.165, 1.54) is 18.1 Å². The van der Waals surface area contributed by atoms with E-state index >= 15 is 0 Å². The maximum absolute atomic E-state index is 11.7. The lowest BCUT2D eigenvalue weighted by atomic mass is 10.0. The third-order valence-electron chi connectivity index (χ3n) is 3.19. The number of primary amides is 1. The summed E-state index contributed by atoms with van der Waals surface area (Å²) in [5.74, 6) is 0. The predicted molar refractivity (Wildman–Crippen MR) is 71.7 cm³/mol. The number of rotatable bonds is 3. The fourth-order valence-electron chi connectivity index (χ4n) is 2.09. The second-order valence-corrected chi connectivity index (χ2v) is 4.27. The van der Waals surface area contributed by atoms with E-state index < -0.39 is 12.1 Å². The summed E-state index contributed by atoms with van der Waals surface area (Å²) in [7, 11) is 1.50. The summed E-state index contributed by atoms with van der Waals surface area (Å²) >= 11 is 0. The minimum absolute atomic E-state index is 0.210. The van der Waals surface area contributed by atoms with Gasteiger partial charge in [-0.05, 0) is 11.5 Å². The lowest BCUT2D eigenvalue weighted by Gasteiger charge is -2.26. The first-order valence-corrected chi connectivity index (χ1v) is 5.79. The van der Waals surface area contributed by atoms with Crippen molar-refractivity contribution in [2.45, 2.75) is 6.04 Å². The summed E-state index contributed by atoms with van der Waals surface area (Å²) in [6, 6.07) is 5.78. The summed E-state index contributed by atoms with van der Waals surface area (Å²) in [6.45, 7) is -0.282. The topological polar surface area (TPSA) is 99.4 Å². The van der Waals surface area contributed by atoms with Gasteiger partial charge in [-0.15, -0.1) is 0 Å². The molecule has 6 heteroatoms. The number of likely N-dealkylation sites (N-methyl/N-ethyl adjacent to an activating group) is 1. The van der Waals surface area contributed by atoms with Crippen molar-refractivity contribution in [1.82, 2.24) is 9.88 Å². The molecule has 1 atom stereocenters. The molecule has 1 aromatic heterocycles. The van der Waals surface area contributed by atoms with E-state index in [9.17, 15) is 14.7 Å². The number of aromatic nitrogens is 1. The number of nitrogens with one attached hydrogen (secondary N) is 1. The average Bonchev–Trinajstić information content (AvgIpc) is 2.42. The van der Waals surface area contributed by atoms with Gasteiger partial charge in [-0.1, -0.05) is 18.2 Å². The van der Waals surface area contributed by atoms with Crippen LogP contribution in [0.2, 0.25) is 0 Å². The molecule has 100 valence electrons. The number of amides is 2. The Morgan fingerprint density at radius 3 is 2.63 bits per heavy atom. The van der Waals surface area contributed by atoms with Crippen LogP contribution in [0.4, 0.5) is 4.79 Å². The number of aromatic amines is 1. The molecule has 1 heterocycles. The summed E-state index contributed by atoms with van der Waals surface area (Å²) < 4.78 is 0. The Balaban J connectivity index is 2.65. The van der Waals surface area contributed by atoms with Crippen molar-refractivity contribution >= 4 is 16.8 Å². The SMILES string of the molecule is CN(C(N)=O)C(CO)c1c[nH]c(=O)c2ccccc12. The van der Waals surface area contributed by atoms with Crippen LogP contribution >= 0.6 is 0 Å². The van der Waals surface area contributed by atoms with Gasteiger partial charge < -0.3 is 20.7 Å². The Kier molecular flexibility index (Phi) is 3.52. The summed E-state index contributed by atoms with van der Waals surface area (Å²) in [4.78, 5) is 26.8. The minimum atomic E-state index is -0.644. The van der Waals surface area contributed by atoms with E-state index in [-0.39, 0.29) is 12.2 Å². The molecular weight excluding hydrogens is 246 g/mol. The molecule has 2 rings (SSSR count). The van der Waals surface area contributed by atoms with E-state index in [1.54, 1.807) is 24.3 Å². The number of hydrogen-bond donors (Lipinski definition) is 3. The number of nitrogens with two attached hydrogens (primary N) is 1. The van der Waals surface area contributed by atoms with Crippen LogP contribution in [0.1, 0.15) is 11.6 Å². The van der Waals surface area contributed by atoms with Gasteiger partial charge in [-0.3, -0.25) is 4.79 Å². The molecule has 4 N–H and O–H groups in total. The largest absolute Gasteiger partial charge is 0.394 e. The number of carbonyl (C=O) groups excluding carboxylic acids is 1. The van der Waals surface area contributed by atoms with E-state index in [0.717, 1.165) is 0 Å². The van der Waals surface area contributed by atoms with Crippen molar-refractivity contribution < 1.29 is 9.90 Å². The third kappa shape index (κ3) is 2.30. The maximum atomic E-state index is 11.7. The van der Waals surface area contributed by atoms with Crippen LogP contribution in [-0.2, 0) is 0 Å². The molecule has 2 amide bonds. The average molecular weight is 261 g/mol. The molecule has 0 saturated heterocycles.